The number of nitrogens with zero attached hydrogens (tertiary/aromatic N) is 2. The van der Waals surface area contributed by atoms with Crippen LogP contribution in [-0.2, 0) is 0 Å². The molecule has 0 aliphatic rings. The molecular weight excluding hydrogens is 242 g/mol. The van der Waals surface area contributed by atoms with E-state index in [1.165, 1.54) is 4.70 Å². The number of thiazole rings is 1. The van der Waals surface area contributed by atoms with Crippen molar-refractivity contribution in [1.82, 2.24) is 10.3 Å². The molecule has 1 atom stereocenters. The van der Waals surface area contributed by atoms with Gasteiger partial charge in [0.2, 0.25) is 0 Å². The number of hydrogen-bond acceptors (Lipinski definition) is 4. The van der Waals surface area contributed by atoms with Crippen molar-refractivity contribution in [2.24, 2.45) is 5.41 Å². The number of nitriles is 1. The fraction of sp³-hybridized carbons (Fsp3) is 0.429. The van der Waals surface area contributed by atoms with E-state index in [2.05, 4.69) is 29.4 Å². The quantitative estimate of drug-likeness (QED) is 0.914. The molecule has 1 unspecified atom stereocenters. The summed E-state index contributed by atoms with van der Waals surface area (Å²) < 4.78 is 1.21. The summed E-state index contributed by atoms with van der Waals surface area (Å²) in [6.45, 7) is 6.63. The molecule has 2 aromatic rings. The maximum Gasteiger partial charge on any atom is 0.111 e. The van der Waals surface area contributed by atoms with Crippen molar-refractivity contribution in [1.29, 1.82) is 5.26 Å². The first-order valence-electron chi connectivity index (χ1n) is 6.02. The molecule has 1 aromatic carbocycles. The van der Waals surface area contributed by atoms with Crippen LogP contribution < -0.4 is 5.32 Å². The van der Waals surface area contributed by atoms with E-state index in [0.29, 0.717) is 6.54 Å². The van der Waals surface area contributed by atoms with E-state index in [1.807, 2.05) is 32.0 Å². The van der Waals surface area contributed by atoms with Crippen LogP contribution in [0.15, 0.2) is 24.3 Å². The van der Waals surface area contributed by atoms with E-state index in [4.69, 9.17) is 5.26 Å². The maximum atomic E-state index is 8.99. The van der Waals surface area contributed by atoms with Crippen LogP contribution in [0.1, 0.15) is 31.8 Å². The van der Waals surface area contributed by atoms with Crippen molar-refractivity contribution in [2.45, 2.75) is 26.8 Å². The van der Waals surface area contributed by atoms with Gasteiger partial charge in [-0.3, -0.25) is 0 Å². The zero-order chi connectivity index (χ0) is 13.2. The molecule has 0 bridgehead atoms. The van der Waals surface area contributed by atoms with Crippen molar-refractivity contribution in [3.05, 3.63) is 29.3 Å². The molecule has 18 heavy (non-hydrogen) atoms. The molecule has 0 spiro atoms. The molecule has 1 heterocycles. The first-order valence-corrected chi connectivity index (χ1v) is 6.83. The highest BCUT2D eigenvalue weighted by Crippen LogP contribution is 2.26. The highest BCUT2D eigenvalue weighted by Gasteiger charge is 2.19. The lowest BCUT2D eigenvalue weighted by Crippen LogP contribution is -2.30. The molecule has 0 aliphatic carbocycles. The highest BCUT2D eigenvalue weighted by atomic mass is 32.1. The lowest BCUT2D eigenvalue weighted by Gasteiger charge is -2.19. The maximum absolute atomic E-state index is 8.99. The van der Waals surface area contributed by atoms with Crippen LogP contribution in [0.2, 0.25) is 0 Å². The van der Waals surface area contributed by atoms with Gasteiger partial charge >= 0.3 is 0 Å². The summed E-state index contributed by atoms with van der Waals surface area (Å²) in [7, 11) is 0. The molecule has 1 N–H and O–H groups in total. The molecule has 0 amide bonds. The van der Waals surface area contributed by atoms with Gasteiger partial charge in [-0.1, -0.05) is 12.1 Å². The Morgan fingerprint density at radius 3 is 2.83 bits per heavy atom. The molecule has 1 aromatic heterocycles. The first-order chi connectivity index (χ1) is 8.52. The molecule has 2 rings (SSSR count). The van der Waals surface area contributed by atoms with Gasteiger partial charge in [-0.05, 0) is 32.9 Å². The van der Waals surface area contributed by atoms with Crippen LogP contribution in [-0.4, -0.2) is 11.5 Å². The summed E-state index contributed by atoms with van der Waals surface area (Å²) in [6.07, 6.45) is 0. The molecule has 0 fully saturated rings. The van der Waals surface area contributed by atoms with Gasteiger partial charge in [-0.15, -0.1) is 11.3 Å². The summed E-state index contributed by atoms with van der Waals surface area (Å²) in [5, 5.41) is 13.4. The van der Waals surface area contributed by atoms with Gasteiger partial charge in [0.25, 0.3) is 0 Å². The zero-order valence-corrected chi connectivity index (χ0v) is 11.7. The molecule has 0 aliphatic heterocycles. The predicted octanol–water partition coefficient (Wildman–Crippen LogP) is 3.50. The monoisotopic (exact) mass is 259 g/mol. The van der Waals surface area contributed by atoms with Crippen molar-refractivity contribution in [2.75, 3.05) is 6.54 Å². The summed E-state index contributed by atoms with van der Waals surface area (Å²) in [4.78, 5) is 4.61. The normalized spacial score (nSPS) is 13.4. The van der Waals surface area contributed by atoms with Gasteiger partial charge in [-0.2, -0.15) is 5.26 Å². The number of fused-ring (bicyclic) bond motifs is 1. The summed E-state index contributed by atoms with van der Waals surface area (Å²) >= 11 is 1.71. The molecule has 0 saturated heterocycles. The fourth-order valence-corrected chi connectivity index (χ4v) is 2.60. The lowest BCUT2D eigenvalue weighted by molar-refractivity contribution is 0.415. The molecule has 3 nitrogen and oxygen atoms in total. The second-order valence-corrected chi connectivity index (χ2v) is 6.18. The van der Waals surface area contributed by atoms with Crippen molar-refractivity contribution in [3.8, 4) is 6.07 Å². The predicted molar refractivity (Wildman–Crippen MR) is 75.4 cm³/mol. The van der Waals surface area contributed by atoms with E-state index >= 15 is 0 Å². The minimum Gasteiger partial charge on any atom is -0.307 e. The smallest absolute Gasteiger partial charge is 0.111 e. The van der Waals surface area contributed by atoms with Gasteiger partial charge in [0.15, 0.2) is 0 Å². The molecule has 4 heteroatoms. The van der Waals surface area contributed by atoms with E-state index < -0.39 is 0 Å². The Hall–Kier alpha value is -1.44. The Morgan fingerprint density at radius 2 is 2.17 bits per heavy atom. The van der Waals surface area contributed by atoms with Gasteiger partial charge in [0.1, 0.15) is 5.01 Å². The third-order valence-electron chi connectivity index (χ3n) is 2.83. The third kappa shape index (κ3) is 2.87. The molecule has 0 radical (unpaired) electrons. The fourth-order valence-electron chi connectivity index (χ4n) is 1.61. The molecular formula is C14H17N3S. The number of benzene rings is 1. The lowest BCUT2D eigenvalue weighted by atomic mass is 9.96. The third-order valence-corrected chi connectivity index (χ3v) is 4.05. The Bertz CT molecular complexity index is 547. The van der Waals surface area contributed by atoms with E-state index in [-0.39, 0.29) is 11.5 Å². The number of aromatic nitrogens is 1. The topological polar surface area (TPSA) is 48.7 Å². The van der Waals surface area contributed by atoms with Gasteiger partial charge in [0.05, 0.1) is 27.7 Å². The second kappa shape index (κ2) is 5.05. The number of nitrogens with one attached hydrogen (secondary N) is 1. The average molecular weight is 259 g/mol. The summed E-state index contributed by atoms with van der Waals surface area (Å²) in [5.41, 5.74) is 0.705. The van der Waals surface area contributed by atoms with Crippen LogP contribution in [0.5, 0.6) is 0 Å². The number of para-hydroxylation sites is 1. The van der Waals surface area contributed by atoms with Crippen molar-refractivity contribution < 1.29 is 0 Å². The van der Waals surface area contributed by atoms with Gasteiger partial charge < -0.3 is 5.32 Å². The summed E-state index contributed by atoms with van der Waals surface area (Å²) in [5.74, 6) is 0. The van der Waals surface area contributed by atoms with Crippen LogP contribution in [0, 0.1) is 16.7 Å². The van der Waals surface area contributed by atoms with Gasteiger partial charge in [0, 0.05) is 6.54 Å². The second-order valence-electron chi connectivity index (χ2n) is 5.12. The average Bonchev–Trinajstić information content (AvgIpc) is 2.80. The minimum absolute atomic E-state index is 0.176. The zero-order valence-electron chi connectivity index (χ0n) is 10.9. The van der Waals surface area contributed by atoms with E-state index in [9.17, 15) is 0 Å². The Balaban J connectivity index is 2.09. The molecule has 0 saturated carbocycles. The van der Waals surface area contributed by atoms with E-state index in [0.717, 1.165) is 10.5 Å². The minimum atomic E-state index is -0.342. The summed E-state index contributed by atoms with van der Waals surface area (Å²) in [6, 6.07) is 10.6. The van der Waals surface area contributed by atoms with Crippen LogP contribution in [0.25, 0.3) is 10.2 Å². The largest absolute Gasteiger partial charge is 0.307 e. The Labute approximate surface area is 111 Å². The number of hydrogen-bond donors (Lipinski definition) is 1. The standard InChI is InChI=1S/C14H17N3S/c1-10(16-9-14(2,3)8-15)13-17-11-6-4-5-7-12(11)18-13/h4-7,10,16H,9H2,1-3H3. The van der Waals surface area contributed by atoms with Gasteiger partial charge in [-0.25, -0.2) is 4.98 Å². The SMILES string of the molecule is CC(NCC(C)(C)C#N)c1nc2ccccc2s1. The number of rotatable bonds is 4. The van der Waals surface area contributed by atoms with Crippen molar-refractivity contribution >= 4 is 21.6 Å². The first kappa shape index (κ1) is 13.0. The van der Waals surface area contributed by atoms with E-state index in [1.54, 1.807) is 11.3 Å². The van der Waals surface area contributed by atoms with Crippen LogP contribution >= 0.6 is 11.3 Å². The van der Waals surface area contributed by atoms with Crippen LogP contribution in [0.4, 0.5) is 0 Å². The van der Waals surface area contributed by atoms with Crippen LogP contribution in [0.3, 0.4) is 0 Å². The Kier molecular flexibility index (Phi) is 3.65. The Morgan fingerprint density at radius 1 is 1.44 bits per heavy atom. The molecule has 94 valence electrons. The highest BCUT2D eigenvalue weighted by molar-refractivity contribution is 7.18. The van der Waals surface area contributed by atoms with Crippen molar-refractivity contribution in [3.63, 3.8) is 0 Å².